The van der Waals surface area contributed by atoms with E-state index < -0.39 is 10.0 Å². The molecule has 0 radical (unpaired) electrons. The number of sulfonamides is 1. The van der Waals surface area contributed by atoms with Gasteiger partial charge in [-0.3, -0.25) is 4.72 Å². The highest BCUT2D eigenvalue weighted by molar-refractivity contribution is 7.93. The molecule has 1 aromatic carbocycles. The lowest BCUT2D eigenvalue weighted by Crippen LogP contribution is -2.14. The number of benzene rings is 1. The zero-order valence-corrected chi connectivity index (χ0v) is 12.8. The molecule has 6 nitrogen and oxygen atoms in total. The van der Waals surface area contributed by atoms with Crippen LogP contribution in [-0.2, 0) is 10.0 Å². The van der Waals surface area contributed by atoms with Gasteiger partial charge in [-0.05, 0) is 19.1 Å². The SMILES string of the molecule is COc1ccc(OC)c(S(=O)(=O)Nc2ncc(C)s2)c1. The van der Waals surface area contributed by atoms with Crippen LogP contribution in [0.1, 0.15) is 4.88 Å². The lowest BCUT2D eigenvalue weighted by Gasteiger charge is -2.11. The highest BCUT2D eigenvalue weighted by Crippen LogP contribution is 2.30. The molecule has 2 rings (SSSR count). The van der Waals surface area contributed by atoms with E-state index >= 15 is 0 Å². The van der Waals surface area contributed by atoms with Crippen LogP contribution in [-0.4, -0.2) is 27.6 Å². The summed E-state index contributed by atoms with van der Waals surface area (Å²) in [4.78, 5) is 4.90. The van der Waals surface area contributed by atoms with Crippen LogP contribution in [0.4, 0.5) is 5.13 Å². The van der Waals surface area contributed by atoms with Gasteiger partial charge in [0.2, 0.25) is 0 Å². The number of ether oxygens (including phenoxy) is 2. The maximum Gasteiger partial charge on any atom is 0.267 e. The first-order valence-corrected chi connectivity index (χ1v) is 7.93. The van der Waals surface area contributed by atoms with Crippen LogP contribution >= 0.6 is 11.3 Å². The van der Waals surface area contributed by atoms with Gasteiger partial charge in [-0.15, -0.1) is 11.3 Å². The van der Waals surface area contributed by atoms with Crippen LogP contribution in [0.25, 0.3) is 0 Å². The van der Waals surface area contributed by atoms with Crippen LogP contribution in [0.15, 0.2) is 29.3 Å². The van der Waals surface area contributed by atoms with Gasteiger partial charge in [-0.2, -0.15) is 0 Å². The van der Waals surface area contributed by atoms with E-state index in [2.05, 4.69) is 9.71 Å². The Morgan fingerprint density at radius 2 is 2.00 bits per heavy atom. The van der Waals surface area contributed by atoms with E-state index in [1.54, 1.807) is 18.3 Å². The summed E-state index contributed by atoms with van der Waals surface area (Å²) in [6.45, 7) is 1.85. The number of nitrogens with zero attached hydrogens (tertiary/aromatic N) is 1. The standard InChI is InChI=1S/C12H14N2O4S2/c1-8-7-13-12(19-8)14-20(15,16)11-6-9(17-2)4-5-10(11)18-3/h4-7H,1-3H3,(H,13,14). The average molecular weight is 314 g/mol. The van der Waals surface area contributed by atoms with Crippen molar-refractivity contribution in [3.8, 4) is 11.5 Å². The number of thiazole rings is 1. The smallest absolute Gasteiger partial charge is 0.267 e. The van der Waals surface area contributed by atoms with Crippen LogP contribution < -0.4 is 14.2 Å². The lowest BCUT2D eigenvalue weighted by atomic mass is 10.3. The predicted molar refractivity (Wildman–Crippen MR) is 77.2 cm³/mol. The number of aromatic nitrogens is 1. The minimum Gasteiger partial charge on any atom is -0.497 e. The largest absolute Gasteiger partial charge is 0.497 e. The molecule has 1 N–H and O–H groups in total. The van der Waals surface area contributed by atoms with E-state index in [9.17, 15) is 8.42 Å². The minimum absolute atomic E-state index is 0.00667. The van der Waals surface area contributed by atoms with Crippen molar-refractivity contribution in [1.29, 1.82) is 0 Å². The molecular formula is C12H14N2O4S2. The summed E-state index contributed by atoms with van der Waals surface area (Å²) in [6, 6.07) is 4.58. The molecule has 0 atom stereocenters. The van der Waals surface area contributed by atoms with Gasteiger partial charge in [0.25, 0.3) is 10.0 Å². The number of hydrogen-bond acceptors (Lipinski definition) is 6. The van der Waals surface area contributed by atoms with Gasteiger partial charge in [-0.1, -0.05) is 0 Å². The number of nitrogens with one attached hydrogen (secondary N) is 1. The van der Waals surface area contributed by atoms with Crippen LogP contribution in [0.3, 0.4) is 0 Å². The van der Waals surface area contributed by atoms with Crippen molar-refractivity contribution in [3.05, 3.63) is 29.3 Å². The van der Waals surface area contributed by atoms with Crippen molar-refractivity contribution in [2.75, 3.05) is 18.9 Å². The number of methoxy groups -OCH3 is 2. The maximum atomic E-state index is 12.4. The Morgan fingerprint density at radius 3 is 2.55 bits per heavy atom. The third-order valence-corrected chi connectivity index (χ3v) is 4.82. The topological polar surface area (TPSA) is 77.5 Å². The second-order valence-electron chi connectivity index (χ2n) is 3.90. The second-order valence-corrected chi connectivity index (χ2v) is 6.78. The van der Waals surface area contributed by atoms with Gasteiger partial charge in [0, 0.05) is 17.1 Å². The molecule has 0 saturated carbocycles. The molecule has 0 bridgehead atoms. The van der Waals surface area contributed by atoms with Crippen LogP contribution in [0.5, 0.6) is 11.5 Å². The Bertz CT molecular complexity index is 710. The molecule has 0 aliphatic heterocycles. The fourth-order valence-corrected chi connectivity index (χ4v) is 3.66. The Kier molecular flexibility index (Phi) is 4.15. The first-order valence-electron chi connectivity index (χ1n) is 5.63. The molecule has 1 aromatic heterocycles. The minimum atomic E-state index is -3.78. The lowest BCUT2D eigenvalue weighted by molar-refractivity contribution is 0.392. The highest BCUT2D eigenvalue weighted by Gasteiger charge is 2.21. The molecule has 0 saturated heterocycles. The summed E-state index contributed by atoms with van der Waals surface area (Å²) in [5.41, 5.74) is 0. The number of anilines is 1. The summed E-state index contributed by atoms with van der Waals surface area (Å²) < 4.78 is 37.3. The molecule has 0 aliphatic carbocycles. The van der Waals surface area contributed by atoms with Crippen LogP contribution in [0, 0.1) is 6.92 Å². The molecule has 0 fully saturated rings. The number of hydrogen-bond donors (Lipinski definition) is 1. The molecule has 0 aliphatic rings. The highest BCUT2D eigenvalue weighted by atomic mass is 32.2. The van der Waals surface area contributed by atoms with Gasteiger partial charge >= 0.3 is 0 Å². The fourth-order valence-electron chi connectivity index (χ4n) is 1.57. The second kappa shape index (κ2) is 5.68. The van der Waals surface area contributed by atoms with E-state index in [1.165, 1.54) is 31.6 Å². The quantitative estimate of drug-likeness (QED) is 0.916. The fraction of sp³-hybridized carbons (Fsp3) is 0.250. The third-order valence-electron chi connectivity index (χ3n) is 2.50. The zero-order chi connectivity index (χ0) is 14.8. The van der Waals surface area contributed by atoms with Crippen molar-refractivity contribution in [2.24, 2.45) is 0 Å². The van der Waals surface area contributed by atoms with Crippen molar-refractivity contribution < 1.29 is 17.9 Å². The monoisotopic (exact) mass is 314 g/mol. The van der Waals surface area contributed by atoms with E-state index in [0.717, 1.165) is 4.88 Å². The predicted octanol–water partition coefficient (Wildman–Crippen LogP) is 2.27. The molecule has 0 spiro atoms. The number of rotatable bonds is 5. The summed E-state index contributed by atoms with van der Waals surface area (Å²) in [7, 11) is -0.903. The first-order chi connectivity index (χ1) is 9.46. The Hall–Kier alpha value is -1.80. The van der Waals surface area contributed by atoms with Gasteiger partial charge in [-0.25, -0.2) is 13.4 Å². The Morgan fingerprint density at radius 1 is 1.25 bits per heavy atom. The van der Waals surface area contributed by atoms with Crippen molar-refractivity contribution in [1.82, 2.24) is 4.98 Å². The maximum absolute atomic E-state index is 12.4. The van der Waals surface area contributed by atoms with E-state index in [0.29, 0.717) is 10.9 Å². The van der Waals surface area contributed by atoms with Gasteiger partial charge in [0.1, 0.15) is 16.4 Å². The molecule has 0 unspecified atom stereocenters. The van der Waals surface area contributed by atoms with E-state index in [1.807, 2.05) is 6.92 Å². The average Bonchev–Trinajstić information content (AvgIpc) is 2.82. The summed E-state index contributed by atoms with van der Waals surface area (Å²) in [5, 5.41) is 0.312. The van der Waals surface area contributed by atoms with Crippen molar-refractivity contribution >= 4 is 26.5 Å². The first kappa shape index (κ1) is 14.6. The van der Waals surface area contributed by atoms with E-state index in [4.69, 9.17) is 9.47 Å². The molecule has 2 aromatic rings. The number of aryl methyl sites for hydroxylation is 1. The van der Waals surface area contributed by atoms with Crippen molar-refractivity contribution in [2.45, 2.75) is 11.8 Å². The summed E-state index contributed by atoms with van der Waals surface area (Å²) in [5.74, 6) is 0.674. The Balaban J connectivity index is 2.42. The third kappa shape index (κ3) is 3.02. The normalized spacial score (nSPS) is 11.2. The summed E-state index contributed by atoms with van der Waals surface area (Å²) >= 11 is 1.26. The zero-order valence-electron chi connectivity index (χ0n) is 11.2. The molecule has 1 heterocycles. The molecule has 8 heteroatoms. The van der Waals surface area contributed by atoms with Crippen LogP contribution in [0.2, 0.25) is 0 Å². The molecular weight excluding hydrogens is 300 g/mol. The van der Waals surface area contributed by atoms with E-state index in [-0.39, 0.29) is 10.6 Å². The van der Waals surface area contributed by atoms with Crippen molar-refractivity contribution in [3.63, 3.8) is 0 Å². The molecule has 108 valence electrons. The molecule has 0 amide bonds. The summed E-state index contributed by atoms with van der Waals surface area (Å²) in [6.07, 6.45) is 1.60. The molecule has 20 heavy (non-hydrogen) atoms. The van der Waals surface area contributed by atoms with Gasteiger partial charge in [0.05, 0.1) is 14.2 Å². The van der Waals surface area contributed by atoms with Gasteiger partial charge < -0.3 is 9.47 Å². The van der Waals surface area contributed by atoms with Gasteiger partial charge in [0.15, 0.2) is 5.13 Å². The Labute approximate surface area is 121 Å².